The smallest absolute Gasteiger partial charge is 0.303 e. The lowest BCUT2D eigenvalue weighted by Gasteiger charge is -2.26. The number of allylic oxidation sites excluding steroid dienone is 2. The Morgan fingerprint density at radius 1 is 1.19 bits per heavy atom. The summed E-state index contributed by atoms with van der Waals surface area (Å²) in [7, 11) is 0. The highest BCUT2D eigenvalue weighted by Crippen LogP contribution is 2.46. The molecule has 1 aromatic rings. The van der Waals surface area contributed by atoms with Crippen molar-refractivity contribution in [1.29, 1.82) is 0 Å². The lowest BCUT2D eigenvalue weighted by molar-refractivity contribution is -0.136. The van der Waals surface area contributed by atoms with E-state index in [1.807, 2.05) is 36.4 Å². The van der Waals surface area contributed by atoms with Gasteiger partial charge in [-0.1, -0.05) is 35.9 Å². The highest BCUT2D eigenvalue weighted by molar-refractivity contribution is 6.30. The third-order valence-corrected chi connectivity index (χ3v) is 6.66. The Balaban J connectivity index is 1.30. The summed E-state index contributed by atoms with van der Waals surface area (Å²) in [4.78, 5) is 27.9. The first kappa shape index (κ1) is 22.8. The van der Waals surface area contributed by atoms with Gasteiger partial charge in [0.25, 0.3) is 0 Å². The summed E-state index contributed by atoms with van der Waals surface area (Å²) in [5.41, 5.74) is 1.11. The van der Waals surface area contributed by atoms with Gasteiger partial charge in [0.1, 0.15) is 6.61 Å². The highest BCUT2D eigenvalue weighted by Gasteiger charge is 2.52. The average Bonchev–Trinajstić information content (AvgIpc) is 3.51. The van der Waals surface area contributed by atoms with Crippen molar-refractivity contribution in [3.63, 3.8) is 0 Å². The zero-order valence-electron chi connectivity index (χ0n) is 17.9. The maximum atomic E-state index is 12.6. The van der Waals surface area contributed by atoms with Crippen LogP contribution in [0.5, 0.6) is 0 Å². The Bertz CT molecular complexity index is 885. The van der Waals surface area contributed by atoms with Crippen LogP contribution >= 0.6 is 11.6 Å². The topological polar surface area (TPSA) is 97.2 Å². The molecule has 2 N–H and O–H groups in total. The van der Waals surface area contributed by atoms with Gasteiger partial charge in [0.2, 0.25) is 5.91 Å². The van der Waals surface area contributed by atoms with Crippen LogP contribution in [-0.2, 0) is 25.5 Å². The number of benzene rings is 1. The molecule has 2 saturated heterocycles. The summed E-state index contributed by atoms with van der Waals surface area (Å²) in [5, 5.41) is 12.4. The van der Waals surface area contributed by atoms with E-state index >= 15 is 0 Å². The van der Waals surface area contributed by atoms with Crippen molar-refractivity contribution < 1.29 is 24.2 Å². The van der Waals surface area contributed by atoms with Gasteiger partial charge in [-0.25, -0.2) is 4.99 Å². The average molecular weight is 461 g/mol. The number of carbonyl (C=O) groups excluding carboxylic acids is 1. The van der Waals surface area contributed by atoms with Crippen LogP contribution in [0.3, 0.4) is 0 Å². The number of fused-ring (bicyclic) bond motifs is 2. The number of halogens is 1. The van der Waals surface area contributed by atoms with Gasteiger partial charge < -0.3 is 19.9 Å². The van der Waals surface area contributed by atoms with E-state index in [0.717, 1.165) is 31.2 Å². The largest absolute Gasteiger partial charge is 0.481 e. The number of hydrogen-bond donors (Lipinski definition) is 2. The standard InChI is InChI=1S/C24H29ClN2O5/c25-16-8-6-15(7-9-16)12-13-26-23(30)18-14-31-24(27-18)22-17(19-10-11-20(22)32-19)4-2-1-3-5-21(28)29/h1-2,6-9,17-20,22H,3-5,10-14H2,(H,26,30)(H,28,29)/t17-,18?,19-,20+,22?/m0/s1. The molecule has 4 rings (SSSR count). The number of amides is 1. The van der Waals surface area contributed by atoms with E-state index in [1.54, 1.807) is 0 Å². The molecule has 172 valence electrons. The van der Waals surface area contributed by atoms with Crippen molar-refractivity contribution in [2.45, 2.75) is 56.8 Å². The summed E-state index contributed by atoms with van der Waals surface area (Å²) >= 11 is 5.90. The van der Waals surface area contributed by atoms with Gasteiger partial charge in [0, 0.05) is 23.9 Å². The fraction of sp³-hybridized carbons (Fsp3) is 0.542. The van der Waals surface area contributed by atoms with Gasteiger partial charge in [0.15, 0.2) is 11.9 Å². The molecule has 5 atom stereocenters. The highest BCUT2D eigenvalue weighted by atomic mass is 35.5. The molecule has 8 heteroatoms. The molecule has 32 heavy (non-hydrogen) atoms. The van der Waals surface area contributed by atoms with Crippen molar-refractivity contribution in [1.82, 2.24) is 5.32 Å². The lowest BCUT2D eigenvalue weighted by atomic mass is 9.77. The first-order chi connectivity index (χ1) is 15.5. The molecule has 1 aromatic carbocycles. The molecule has 0 radical (unpaired) electrons. The molecule has 0 aromatic heterocycles. The number of nitrogens with one attached hydrogen (secondary N) is 1. The first-order valence-corrected chi connectivity index (χ1v) is 11.6. The van der Waals surface area contributed by atoms with Crippen LogP contribution in [0.15, 0.2) is 41.4 Å². The maximum Gasteiger partial charge on any atom is 0.303 e. The molecule has 7 nitrogen and oxygen atoms in total. The minimum Gasteiger partial charge on any atom is -0.481 e. The zero-order valence-corrected chi connectivity index (χ0v) is 18.7. The van der Waals surface area contributed by atoms with Gasteiger partial charge in [-0.3, -0.25) is 9.59 Å². The second-order valence-electron chi connectivity index (χ2n) is 8.58. The van der Waals surface area contributed by atoms with Crippen LogP contribution in [0.4, 0.5) is 0 Å². The van der Waals surface area contributed by atoms with Gasteiger partial charge in [-0.15, -0.1) is 0 Å². The molecule has 3 aliphatic rings. The second-order valence-corrected chi connectivity index (χ2v) is 9.02. The molecule has 0 aliphatic carbocycles. The molecular formula is C24H29ClN2O5. The van der Waals surface area contributed by atoms with Crippen molar-refractivity contribution >= 4 is 29.4 Å². The van der Waals surface area contributed by atoms with Crippen LogP contribution in [-0.4, -0.2) is 54.3 Å². The molecule has 3 aliphatic heterocycles. The van der Waals surface area contributed by atoms with Crippen LogP contribution in [0.2, 0.25) is 5.02 Å². The quantitative estimate of drug-likeness (QED) is 0.521. The molecule has 1 amide bonds. The molecular weight excluding hydrogens is 432 g/mol. The minimum atomic E-state index is -0.790. The molecule has 0 spiro atoms. The van der Waals surface area contributed by atoms with E-state index in [2.05, 4.69) is 10.3 Å². The lowest BCUT2D eigenvalue weighted by Crippen LogP contribution is -2.35. The van der Waals surface area contributed by atoms with Gasteiger partial charge in [0.05, 0.1) is 18.1 Å². The Labute approximate surface area is 192 Å². The van der Waals surface area contributed by atoms with E-state index in [4.69, 9.17) is 26.2 Å². The number of aliphatic imine (C=N–C) groups is 1. The van der Waals surface area contributed by atoms with E-state index in [1.165, 1.54) is 0 Å². The Morgan fingerprint density at radius 2 is 1.97 bits per heavy atom. The number of carboxylic acids is 1. The number of ether oxygens (including phenoxy) is 2. The Kier molecular flexibility index (Phi) is 7.48. The summed E-state index contributed by atoms with van der Waals surface area (Å²) in [5.74, 6) is 0.0363. The fourth-order valence-corrected chi connectivity index (χ4v) is 4.93. The number of rotatable bonds is 10. The van der Waals surface area contributed by atoms with Crippen molar-refractivity contribution in [2.24, 2.45) is 16.8 Å². The van der Waals surface area contributed by atoms with Crippen molar-refractivity contribution in [2.75, 3.05) is 13.2 Å². The normalized spacial score (nSPS) is 28.7. The third kappa shape index (κ3) is 5.51. The number of aliphatic carboxylic acids is 1. The second kappa shape index (κ2) is 10.5. The van der Waals surface area contributed by atoms with Crippen LogP contribution in [0, 0.1) is 11.8 Å². The number of nitrogens with zero attached hydrogens (tertiary/aromatic N) is 1. The van der Waals surface area contributed by atoms with Crippen LogP contribution in [0.1, 0.15) is 37.7 Å². The molecule has 2 bridgehead atoms. The third-order valence-electron chi connectivity index (χ3n) is 6.41. The molecule has 0 saturated carbocycles. The predicted molar refractivity (Wildman–Crippen MR) is 121 cm³/mol. The predicted octanol–water partition coefficient (Wildman–Crippen LogP) is 3.40. The SMILES string of the molecule is O=C(O)CCC=CC[C@@H]1C(C2=NC(C(=O)NCCc3ccc(Cl)cc3)CO2)[C@H]2CC[C@@H]1O2. The van der Waals surface area contributed by atoms with E-state index < -0.39 is 12.0 Å². The number of hydrogen-bond acceptors (Lipinski definition) is 5. The number of carboxylic acid groups (broad SMARTS) is 1. The minimum absolute atomic E-state index is 0.0599. The van der Waals surface area contributed by atoms with Gasteiger partial charge >= 0.3 is 5.97 Å². The summed E-state index contributed by atoms with van der Waals surface area (Å²) in [6, 6.07) is 7.06. The van der Waals surface area contributed by atoms with Crippen molar-refractivity contribution in [3.8, 4) is 0 Å². The van der Waals surface area contributed by atoms with Gasteiger partial charge in [-0.05, 0) is 49.8 Å². The van der Waals surface area contributed by atoms with E-state index in [-0.39, 0.29) is 43.0 Å². The summed E-state index contributed by atoms with van der Waals surface area (Å²) < 4.78 is 12.0. The maximum absolute atomic E-state index is 12.6. The van der Waals surface area contributed by atoms with E-state index in [9.17, 15) is 9.59 Å². The van der Waals surface area contributed by atoms with Gasteiger partial charge in [-0.2, -0.15) is 0 Å². The van der Waals surface area contributed by atoms with Crippen molar-refractivity contribution in [3.05, 3.63) is 47.0 Å². The fourth-order valence-electron chi connectivity index (χ4n) is 4.80. The Morgan fingerprint density at radius 3 is 2.75 bits per heavy atom. The zero-order chi connectivity index (χ0) is 22.5. The molecule has 3 heterocycles. The summed E-state index contributed by atoms with van der Waals surface area (Å²) in [6.45, 7) is 0.792. The van der Waals surface area contributed by atoms with Crippen LogP contribution in [0.25, 0.3) is 0 Å². The monoisotopic (exact) mass is 460 g/mol. The molecule has 2 fully saturated rings. The Hall–Kier alpha value is -2.38. The number of carbonyl (C=O) groups is 2. The first-order valence-electron chi connectivity index (χ1n) is 11.3. The summed E-state index contributed by atoms with van der Waals surface area (Å²) in [6.07, 6.45) is 8.42. The van der Waals surface area contributed by atoms with E-state index in [0.29, 0.717) is 23.9 Å². The van der Waals surface area contributed by atoms with Crippen LogP contribution < -0.4 is 5.32 Å². The molecule has 2 unspecified atom stereocenters.